The minimum absolute atomic E-state index is 0.000863. The Morgan fingerprint density at radius 3 is 2.71 bits per heavy atom. The molecule has 0 aliphatic rings. The van der Waals surface area contributed by atoms with Gasteiger partial charge in [0, 0.05) is 24.3 Å². The zero-order valence-electron chi connectivity index (χ0n) is 14.8. The molecule has 1 amide bonds. The number of hydrogen-bond acceptors (Lipinski definition) is 7. The van der Waals surface area contributed by atoms with Gasteiger partial charge in [-0.1, -0.05) is 23.2 Å². The van der Waals surface area contributed by atoms with Gasteiger partial charge in [-0.25, -0.2) is 14.8 Å². The molecule has 0 saturated heterocycles. The Morgan fingerprint density at radius 1 is 1.11 bits per heavy atom. The van der Waals surface area contributed by atoms with Crippen LogP contribution in [0.25, 0.3) is 0 Å². The number of ether oxygens (including phenoxy) is 3. The third-order valence-corrected chi connectivity index (χ3v) is 4.07. The molecule has 3 rings (SSSR count). The minimum atomic E-state index is -0.719. The van der Waals surface area contributed by atoms with Gasteiger partial charge in [0.2, 0.25) is 11.6 Å². The third-order valence-electron chi connectivity index (χ3n) is 3.52. The first kappa shape index (κ1) is 19.7. The summed E-state index contributed by atoms with van der Waals surface area (Å²) in [5.41, 5.74) is 0.423. The molecule has 10 heteroatoms. The number of aromatic nitrogens is 3. The fourth-order valence-corrected chi connectivity index (χ4v) is 2.49. The number of methoxy groups -OCH3 is 1. The summed E-state index contributed by atoms with van der Waals surface area (Å²) < 4.78 is 16.2. The van der Waals surface area contributed by atoms with Gasteiger partial charge in [0.15, 0.2) is 0 Å². The van der Waals surface area contributed by atoms with E-state index in [1.165, 1.54) is 37.6 Å². The highest BCUT2D eigenvalue weighted by Gasteiger charge is 2.21. The highest BCUT2D eigenvalue weighted by Crippen LogP contribution is 2.35. The topological polar surface area (TPSA) is 86.7 Å². The maximum absolute atomic E-state index is 12.6. The molecule has 0 radical (unpaired) electrons. The maximum Gasteiger partial charge on any atom is 0.419 e. The van der Waals surface area contributed by atoms with Crippen LogP contribution >= 0.6 is 23.2 Å². The van der Waals surface area contributed by atoms with Crippen LogP contribution in [0.15, 0.2) is 49.1 Å². The third kappa shape index (κ3) is 4.41. The number of benzene rings is 1. The monoisotopic (exact) mass is 420 g/mol. The van der Waals surface area contributed by atoms with Crippen molar-refractivity contribution in [2.75, 3.05) is 19.1 Å². The Balaban J connectivity index is 1.83. The number of amides is 1. The first-order chi connectivity index (χ1) is 13.5. The molecule has 0 unspecified atom stereocenters. The number of nitrogens with zero attached hydrogens (tertiary/aromatic N) is 4. The highest BCUT2D eigenvalue weighted by atomic mass is 35.5. The molecule has 1 aromatic carbocycles. The molecule has 0 atom stereocenters. The molecule has 0 fully saturated rings. The number of rotatable bonds is 5. The Morgan fingerprint density at radius 2 is 1.93 bits per heavy atom. The fourth-order valence-electron chi connectivity index (χ4n) is 2.17. The molecule has 0 aliphatic carbocycles. The summed E-state index contributed by atoms with van der Waals surface area (Å²) >= 11 is 12.1. The van der Waals surface area contributed by atoms with Gasteiger partial charge in [-0.2, -0.15) is 4.98 Å². The van der Waals surface area contributed by atoms with Gasteiger partial charge in [-0.3, -0.25) is 4.90 Å². The van der Waals surface area contributed by atoms with Crippen LogP contribution in [0, 0.1) is 0 Å². The molecule has 3 aromatic rings. The van der Waals surface area contributed by atoms with Crippen molar-refractivity contribution in [1.82, 2.24) is 15.0 Å². The summed E-state index contributed by atoms with van der Waals surface area (Å²) in [6.07, 6.45) is 3.38. The average Bonchev–Trinajstić information content (AvgIpc) is 2.71. The smallest absolute Gasteiger partial charge is 0.419 e. The van der Waals surface area contributed by atoms with Crippen LogP contribution < -0.4 is 19.1 Å². The van der Waals surface area contributed by atoms with Crippen molar-refractivity contribution in [3.05, 3.63) is 59.1 Å². The second-order valence-corrected chi connectivity index (χ2v) is 6.17. The van der Waals surface area contributed by atoms with Gasteiger partial charge < -0.3 is 14.2 Å². The van der Waals surface area contributed by atoms with Crippen LogP contribution in [0.3, 0.4) is 0 Å². The molecule has 144 valence electrons. The first-order valence-corrected chi connectivity index (χ1v) is 8.62. The second-order valence-electron chi connectivity index (χ2n) is 5.33. The normalized spacial score (nSPS) is 10.3. The standard InChI is InChI=1S/C18H14Cl2N4O4/c1-24(13-4-3-7-22-16(13)26-2)18(25)28-15-9-21-10-23-17(15)27-14-8-11(19)5-6-12(14)20/h3-10H,1-2H3. The van der Waals surface area contributed by atoms with E-state index < -0.39 is 6.09 Å². The lowest BCUT2D eigenvalue weighted by molar-refractivity contribution is 0.206. The van der Waals surface area contributed by atoms with E-state index >= 15 is 0 Å². The van der Waals surface area contributed by atoms with Crippen LogP contribution in [0.1, 0.15) is 0 Å². The van der Waals surface area contributed by atoms with Crippen molar-refractivity contribution in [2.45, 2.75) is 0 Å². The fraction of sp³-hybridized carbons (Fsp3) is 0.111. The van der Waals surface area contributed by atoms with Crippen molar-refractivity contribution in [2.24, 2.45) is 0 Å². The van der Waals surface area contributed by atoms with E-state index in [0.717, 1.165) is 0 Å². The van der Waals surface area contributed by atoms with Gasteiger partial charge in [0.1, 0.15) is 17.8 Å². The average molecular weight is 421 g/mol. The minimum Gasteiger partial charge on any atom is -0.480 e. The van der Waals surface area contributed by atoms with E-state index in [1.54, 1.807) is 30.5 Å². The quantitative estimate of drug-likeness (QED) is 0.594. The summed E-state index contributed by atoms with van der Waals surface area (Å²) in [5.74, 6) is 0.526. The summed E-state index contributed by atoms with van der Waals surface area (Å²) in [4.78, 5) is 25.7. The Bertz CT molecular complexity index is 1000. The summed E-state index contributed by atoms with van der Waals surface area (Å²) in [6, 6.07) is 8.05. The van der Waals surface area contributed by atoms with Crippen LogP contribution in [-0.2, 0) is 0 Å². The SMILES string of the molecule is COc1ncccc1N(C)C(=O)Oc1cncnc1Oc1cc(Cl)ccc1Cl. The van der Waals surface area contributed by atoms with Gasteiger partial charge >= 0.3 is 6.09 Å². The first-order valence-electron chi connectivity index (χ1n) is 7.87. The van der Waals surface area contributed by atoms with Crippen molar-refractivity contribution >= 4 is 35.0 Å². The molecule has 0 N–H and O–H groups in total. The highest BCUT2D eigenvalue weighted by molar-refractivity contribution is 6.34. The van der Waals surface area contributed by atoms with Crippen LogP contribution in [-0.4, -0.2) is 35.2 Å². The van der Waals surface area contributed by atoms with E-state index in [1.807, 2.05) is 0 Å². The Kier molecular flexibility index (Phi) is 6.13. The van der Waals surface area contributed by atoms with Crippen molar-refractivity contribution < 1.29 is 19.0 Å². The summed E-state index contributed by atoms with van der Waals surface area (Å²) in [5, 5.41) is 0.743. The van der Waals surface area contributed by atoms with Gasteiger partial charge in [-0.15, -0.1) is 0 Å². The molecule has 0 saturated carbocycles. The molecule has 2 heterocycles. The number of carbonyl (C=O) groups excluding carboxylic acids is 1. The molecule has 8 nitrogen and oxygen atoms in total. The second kappa shape index (κ2) is 8.73. The van der Waals surface area contributed by atoms with E-state index in [-0.39, 0.29) is 23.3 Å². The predicted molar refractivity (Wildman–Crippen MR) is 104 cm³/mol. The molecular formula is C18H14Cl2N4O4. The zero-order valence-corrected chi connectivity index (χ0v) is 16.3. The zero-order chi connectivity index (χ0) is 20.1. The lowest BCUT2D eigenvalue weighted by atomic mass is 10.3. The Labute approximate surface area is 170 Å². The van der Waals surface area contributed by atoms with Crippen molar-refractivity contribution in [1.29, 1.82) is 0 Å². The van der Waals surface area contributed by atoms with Crippen molar-refractivity contribution in [3.8, 4) is 23.3 Å². The number of carbonyl (C=O) groups is 1. The van der Waals surface area contributed by atoms with Gasteiger partial charge in [-0.05, 0) is 24.3 Å². The molecule has 28 heavy (non-hydrogen) atoms. The van der Waals surface area contributed by atoms with E-state index in [9.17, 15) is 4.79 Å². The van der Waals surface area contributed by atoms with Gasteiger partial charge in [0.05, 0.1) is 18.3 Å². The van der Waals surface area contributed by atoms with E-state index in [4.69, 9.17) is 37.4 Å². The van der Waals surface area contributed by atoms with Crippen molar-refractivity contribution in [3.63, 3.8) is 0 Å². The lowest BCUT2D eigenvalue weighted by Gasteiger charge is -2.19. The van der Waals surface area contributed by atoms with Crippen LogP contribution in [0.4, 0.5) is 10.5 Å². The molecule has 2 aromatic heterocycles. The number of pyridine rings is 1. The predicted octanol–water partition coefficient (Wildman–Crippen LogP) is 4.61. The maximum atomic E-state index is 12.6. The van der Waals surface area contributed by atoms with Gasteiger partial charge in [0.25, 0.3) is 5.88 Å². The summed E-state index contributed by atoms with van der Waals surface area (Å²) in [7, 11) is 2.97. The molecule has 0 bridgehead atoms. The number of anilines is 1. The van der Waals surface area contributed by atoms with Crippen LogP contribution in [0.2, 0.25) is 10.0 Å². The van der Waals surface area contributed by atoms with E-state index in [0.29, 0.717) is 15.7 Å². The molecule has 0 spiro atoms. The molecular weight excluding hydrogens is 407 g/mol. The number of halogens is 2. The lowest BCUT2D eigenvalue weighted by Crippen LogP contribution is -2.30. The molecule has 0 aliphatic heterocycles. The van der Waals surface area contributed by atoms with Crippen LogP contribution in [0.5, 0.6) is 23.3 Å². The van der Waals surface area contributed by atoms with E-state index in [2.05, 4.69) is 15.0 Å². The Hall–Kier alpha value is -3.10. The number of hydrogen-bond donors (Lipinski definition) is 0. The largest absolute Gasteiger partial charge is 0.480 e. The summed E-state index contributed by atoms with van der Waals surface area (Å²) in [6.45, 7) is 0.